The normalized spacial score (nSPS) is 10.9. The number of thiophene rings is 1. The number of hydrogen-bond acceptors (Lipinski definition) is 9. The van der Waals surface area contributed by atoms with Gasteiger partial charge in [-0.15, -0.1) is 11.3 Å². The lowest BCUT2D eigenvalue weighted by Gasteiger charge is -2.11. The van der Waals surface area contributed by atoms with Crippen LogP contribution < -0.4 is 20.5 Å². The van der Waals surface area contributed by atoms with E-state index in [1.165, 1.54) is 30.8 Å². The van der Waals surface area contributed by atoms with Gasteiger partial charge in [-0.2, -0.15) is 0 Å². The van der Waals surface area contributed by atoms with E-state index in [9.17, 15) is 9.18 Å². The SMILES string of the molecule is CCOc1cc(-c2cc(NCCc3c(F)cc(Cl)cc3OC)ncn2)sc1-c1noc(=O)[nH]1. The fraction of sp³-hybridized carbons (Fsp3) is 0.238. The summed E-state index contributed by atoms with van der Waals surface area (Å²) in [6, 6.07) is 6.42. The van der Waals surface area contributed by atoms with Gasteiger partial charge in [-0.1, -0.05) is 16.8 Å². The molecular weight excluding hydrogens is 473 g/mol. The van der Waals surface area contributed by atoms with E-state index in [0.717, 1.165) is 4.88 Å². The van der Waals surface area contributed by atoms with Crippen molar-refractivity contribution in [2.75, 3.05) is 25.6 Å². The average molecular weight is 492 g/mol. The average Bonchev–Trinajstić information content (AvgIpc) is 3.41. The number of H-pyrrole nitrogens is 1. The van der Waals surface area contributed by atoms with Crippen LogP contribution in [0, 0.1) is 5.82 Å². The maximum Gasteiger partial charge on any atom is 0.439 e. The second-order valence-electron chi connectivity index (χ2n) is 6.71. The quantitative estimate of drug-likeness (QED) is 0.354. The predicted molar refractivity (Wildman–Crippen MR) is 123 cm³/mol. The van der Waals surface area contributed by atoms with E-state index >= 15 is 0 Å². The number of nitrogens with one attached hydrogen (secondary N) is 2. The van der Waals surface area contributed by atoms with Gasteiger partial charge in [0.25, 0.3) is 0 Å². The molecule has 4 aromatic rings. The summed E-state index contributed by atoms with van der Waals surface area (Å²) in [4.78, 5) is 23.9. The number of methoxy groups -OCH3 is 1. The van der Waals surface area contributed by atoms with E-state index in [4.69, 9.17) is 21.1 Å². The smallest absolute Gasteiger partial charge is 0.439 e. The van der Waals surface area contributed by atoms with Crippen molar-refractivity contribution in [2.45, 2.75) is 13.3 Å². The van der Waals surface area contributed by atoms with E-state index in [0.29, 0.717) is 53.0 Å². The molecule has 0 fully saturated rings. The Bertz CT molecular complexity index is 1320. The van der Waals surface area contributed by atoms with Gasteiger partial charge in [-0.3, -0.25) is 9.51 Å². The minimum absolute atomic E-state index is 0.276. The molecule has 4 rings (SSSR count). The molecule has 0 aliphatic rings. The van der Waals surface area contributed by atoms with Gasteiger partial charge < -0.3 is 14.8 Å². The predicted octanol–water partition coefficient (Wildman–Crippen LogP) is 4.40. The summed E-state index contributed by atoms with van der Waals surface area (Å²) in [5, 5.41) is 7.19. The van der Waals surface area contributed by atoms with Crippen LogP contribution >= 0.6 is 22.9 Å². The Kier molecular flexibility index (Phi) is 6.90. The second kappa shape index (κ2) is 10.0. The van der Waals surface area contributed by atoms with Crippen LogP contribution in [-0.4, -0.2) is 40.4 Å². The van der Waals surface area contributed by atoms with Crippen LogP contribution in [0.3, 0.4) is 0 Å². The molecule has 12 heteroatoms. The first-order valence-corrected chi connectivity index (χ1v) is 11.1. The molecule has 2 N–H and O–H groups in total. The Morgan fingerprint density at radius 2 is 2.09 bits per heavy atom. The zero-order chi connectivity index (χ0) is 23.4. The monoisotopic (exact) mass is 491 g/mol. The van der Waals surface area contributed by atoms with Crippen LogP contribution in [0.25, 0.3) is 21.3 Å². The van der Waals surface area contributed by atoms with E-state index in [-0.39, 0.29) is 10.8 Å². The molecular formula is C21H19ClFN5O4S. The Balaban J connectivity index is 1.52. The van der Waals surface area contributed by atoms with Crippen molar-refractivity contribution in [3.8, 4) is 32.8 Å². The number of anilines is 1. The number of nitrogens with zero attached hydrogens (tertiary/aromatic N) is 3. The van der Waals surface area contributed by atoms with Crippen LogP contribution in [0.2, 0.25) is 5.02 Å². The highest BCUT2D eigenvalue weighted by molar-refractivity contribution is 7.19. The molecule has 33 heavy (non-hydrogen) atoms. The molecule has 3 heterocycles. The lowest BCUT2D eigenvalue weighted by Crippen LogP contribution is -2.09. The lowest BCUT2D eigenvalue weighted by atomic mass is 10.1. The van der Waals surface area contributed by atoms with Crippen molar-refractivity contribution in [1.29, 1.82) is 0 Å². The molecule has 0 atom stereocenters. The molecule has 1 aromatic carbocycles. The topological polar surface area (TPSA) is 115 Å². The van der Waals surface area contributed by atoms with Crippen LogP contribution in [0.15, 0.2) is 39.9 Å². The molecule has 0 spiro atoms. The molecule has 0 aliphatic carbocycles. The van der Waals surface area contributed by atoms with Crippen molar-refractivity contribution in [3.63, 3.8) is 0 Å². The van der Waals surface area contributed by atoms with E-state index in [2.05, 4.69) is 29.9 Å². The second-order valence-corrected chi connectivity index (χ2v) is 8.20. The minimum Gasteiger partial charge on any atom is -0.496 e. The third kappa shape index (κ3) is 5.15. The number of rotatable bonds is 9. The summed E-state index contributed by atoms with van der Waals surface area (Å²) in [6.45, 7) is 2.70. The van der Waals surface area contributed by atoms with Gasteiger partial charge in [0.15, 0.2) is 5.82 Å². The molecule has 0 saturated carbocycles. The van der Waals surface area contributed by atoms with E-state index in [1.807, 2.05) is 13.0 Å². The summed E-state index contributed by atoms with van der Waals surface area (Å²) in [5.74, 6) is 0.725. The Labute approximate surface area is 196 Å². The van der Waals surface area contributed by atoms with Crippen molar-refractivity contribution in [2.24, 2.45) is 0 Å². The zero-order valence-electron chi connectivity index (χ0n) is 17.6. The standard InChI is InChI=1S/C21H19ClFN5O4S/c1-3-31-16-9-17(33-19(16)20-27-21(29)32-28-20)14-8-18(26-10-25-14)24-5-4-12-13(23)6-11(22)7-15(12)30-2/h6-10H,3-5H2,1-2H3,(H,24,25,26)(H,27,28,29). The first kappa shape index (κ1) is 22.7. The van der Waals surface area contributed by atoms with Gasteiger partial charge in [0, 0.05) is 29.3 Å². The van der Waals surface area contributed by atoms with Crippen LogP contribution in [0.1, 0.15) is 12.5 Å². The molecule has 0 bridgehead atoms. The highest BCUT2D eigenvalue weighted by Crippen LogP contribution is 2.41. The number of aromatic amines is 1. The van der Waals surface area contributed by atoms with Gasteiger partial charge in [-0.25, -0.2) is 19.2 Å². The zero-order valence-corrected chi connectivity index (χ0v) is 19.2. The summed E-state index contributed by atoms with van der Waals surface area (Å²) < 4.78 is 29.8. The van der Waals surface area contributed by atoms with Crippen molar-refractivity contribution >= 4 is 28.8 Å². The Morgan fingerprint density at radius 3 is 2.82 bits per heavy atom. The first-order valence-electron chi connectivity index (χ1n) is 9.89. The van der Waals surface area contributed by atoms with Crippen molar-refractivity contribution in [1.82, 2.24) is 20.1 Å². The maximum atomic E-state index is 14.3. The summed E-state index contributed by atoms with van der Waals surface area (Å²) >= 11 is 7.23. The molecule has 172 valence electrons. The minimum atomic E-state index is -0.648. The number of ether oxygens (including phenoxy) is 2. The molecule has 0 aliphatic heterocycles. The fourth-order valence-corrected chi connectivity index (χ4v) is 4.37. The van der Waals surface area contributed by atoms with Gasteiger partial charge in [0.05, 0.1) is 24.3 Å². The highest BCUT2D eigenvalue weighted by Gasteiger charge is 2.18. The maximum absolute atomic E-state index is 14.3. The van der Waals surface area contributed by atoms with Gasteiger partial charge in [0.2, 0.25) is 0 Å². The third-order valence-corrected chi connectivity index (χ3v) is 5.96. The molecule has 0 amide bonds. The molecule has 0 radical (unpaired) electrons. The molecule has 0 saturated heterocycles. The number of halogens is 2. The fourth-order valence-electron chi connectivity index (χ4n) is 3.16. The Morgan fingerprint density at radius 1 is 1.24 bits per heavy atom. The first-order chi connectivity index (χ1) is 16.0. The van der Waals surface area contributed by atoms with Crippen LogP contribution in [0.5, 0.6) is 11.5 Å². The summed E-state index contributed by atoms with van der Waals surface area (Å²) in [7, 11) is 1.47. The summed E-state index contributed by atoms with van der Waals surface area (Å²) in [5.41, 5.74) is 1.07. The van der Waals surface area contributed by atoms with Crippen molar-refractivity contribution < 1.29 is 18.4 Å². The number of hydrogen-bond donors (Lipinski definition) is 2. The van der Waals surface area contributed by atoms with Gasteiger partial charge in [0.1, 0.15) is 34.3 Å². The third-order valence-electron chi connectivity index (χ3n) is 4.59. The molecule has 3 aromatic heterocycles. The van der Waals surface area contributed by atoms with Crippen molar-refractivity contribution in [3.05, 3.63) is 57.5 Å². The molecule has 0 unspecified atom stereocenters. The number of aromatic nitrogens is 4. The highest BCUT2D eigenvalue weighted by atomic mass is 35.5. The van der Waals surface area contributed by atoms with E-state index in [1.54, 1.807) is 12.1 Å². The summed E-state index contributed by atoms with van der Waals surface area (Å²) in [6.07, 6.45) is 1.79. The molecule has 9 nitrogen and oxygen atoms in total. The Hall–Kier alpha value is -3.44. The van der Waals surface area contributed by atoms with Gasteiger partial charge >= 0.3 is 5.76 Å². The van der Waals surface area contributed by atoms with Crippen LogP contribution in [-0.2, 0) is 6.42 Å². The lowest BCUT2D eigenvalue weighted by molar-refractivity contribution is 0.342. The van der Waals surface area contributed by atoms with E-state index < -0.39 is 11.6 Å². The van der Waals surface area contributed by atoms with Gasteiger partial charge in [-0.05, 0) is 25.5 Å². The number of benzene rings is 1. The largest absolute Gasteiger partial charge is 0.496 e. The van der Waals surface area contributed by atoms with Crippen LogP contribution in [0.4, 0.5) is 10.2 Å².